The molecule has 4 aromatic rings. The van der Waals surface area contributed by atoms with E-state index in [1.165, 1.54) is 6.07 Å². The second kappa shape index (κ2) is 23.8. The maximum absolute atomic E-state index is 15.8. The number of aliphatic hydroxyl groups is 1. The maximum atomic E-state index is 15.8. The van der Waals surface area contributed by atoms with Gasteiger partial charge in [0, 0.05) is 31.8 Å². The summed E-state index contributed by atoms with van der Waals surface area (Å²) in [6.07, 6.45) is 2.51. The van der Waals surface area contributed by atoms with E-state index < -0.39 is 35.5 Å². The lowest BCUT2D eigenvalue weighted by atomic mass is 9.80. The minimum absolute atomic E-state index is 0.0457. The SMILES string of the molecule is CCCCOC1[C@@H](OCCCC)[C@H](OCCCC)C(COCc2ccc(OC)cc2)(COCc2ccc(OC)cc2)OC1(O)c1ccc(F)c(Cc2ccc(OC)cc2)c1. The van der Waals surface area contributed by atoms with E-state index in [-0.39, 0.29) is 32.8 Å². The zero-order valence-electron chi connectivity index (χ0n) is 36.3. The van der Waals surface area contributed by atoms with Crippen molar-refractivity contribution in [3.63, 3.8) is 0 Å². The Hall–Kier alpha value is -4.07. The molecular formula is C49H65FO10. The van der Waals surface area contributed by atoms with Crippen LogP contribution in [0.4, 0.5) is 4.39 Å². The molecule has 1 fully saturated rings. The van der Waals surface area contributed by atoms with Gasteiger partial charge in [-0.25, -0.2) is 4.39 Å². The Morgan fingerprint density at radius 1 is 0.583 bits per heavy atom. The molecule has 1 saturated heterocycles. The topological polar surface area (TPSA) is 103 Å². The van der Waals surface area contributed by atoms with Crippen LogP contribution in [0.25, 0.3) is 0 Å². The summed E-state index contributed by atoms with van der Waals surface area (Å²) in [5, 5.41) is 13.4. The fraction of sp³-hybridized carbons (Fsp3) is 0.510. The third-order valence-electron chi connectivity index (χ3n) is 10.8. The van der Waals surface area contributed by atoms with Gasteiger partial charge < -0.3 is 47.7 Å². The van der Waals surface area contributed by atoms with Crippen molar-refractivity contribution in [3.8, 4) is 17.2 Å². The number of rotatable bonds is 26. The summed E-state index contributed by atoms with van der Waals surface area (Å²) in [4.78, 5) is 0. The predicted molar refractivity (Wildman–Crippen MR) is 229 cm³/mol. The first-order valence-electron chi connectivity index (χ1n) is 21.3. The van der Waals surface area contributed by atoms with Gasteiger partial charge in [0.05, 0.1) is 47.8 Å². The van der Waals surface area contributed by atoms with Gasteiger partial charge in [0.15, 0.2) is 0 Å². The molecule has 328 valence electrons. The minimum Gasteiger partial charge on any atom is -0.497 e. The normalized spacial score (nSPS) is 19.9. The van der Waals surface area contributed by atoms with Gasteiger partial charge in [-0.1, -0.05) is 82.5 Å². The summed E-state index contributed by atoms with van der Waals surface area (Å²) in [5.74, 6) is -0.400. The summed E-state index contributed by atoms with van der Waals surface area (Å²) in [6.45, 7) is 7.77. The van der Waals surface area contributed by atoms with Crippen LogP contribution in [0.15, 0.2) is 91.0 Å². The number of methoxy groups -OCH3 is 3. The second-order valence-electron chi connectivity index (χ2n) is 15.4. The van der Waals surface area contributed by atoms with E-state index in [1.54, 1.807) is 33.5 Å². The van der Waals surface area contributed by atoms with Crippen LogP contribution in [0, 0.1) is 5.82 Å². The third-order valence-corrected chi connectivity index (χ3v) is 10.8. The number of benzene rings is 4. The summed E-state index contributed by atoms with van der Waals surface area (Å²) < 4.78 is 72.5. The Kier molecular flexibility index (Phi) is 18.6. The lowest BCUT2D eigenvalue weighted by molar-refractivity contribution is -0.411. The van der Waals surface area contributed by atoms with Crippen LogP contribution in [0.3, 0.4) is 0 Å². The van der Waals surface area contributed by atoms with Gasteiger partial charge in [0.25, 0.3) is 0 Å². The monoisotopic (exact) mass is 832 g/mol. The van der Waals surface area contributed by atoms with Gasteiger partial charge >= 0.3 is 0 Å². The third kappa shape index (κ3) is 12.5. The van der Waals surface area contributed by atoms with Gasteiger partial charge in [0.2, 0.25) is 5.79 Å². The van der Waals surface area contributed by atoms with Crippen LogP contribution in [0.1, 0.15) is 87.1 Å². The highest BCUT2D eigenvalue weighted by Crippen LogP contribution is 2.46. The number of unbranched alkanes of at least 4 members (excludes halogenated alkanes) is 3. The van der Waals surface area contributed by atoms with Gasteiger partial charge in [-0.05, 0) is 90.0 Å². The van der Waals surface area contributed by atoms with Gasteiger partial charge in [-0.15, -0.1) is 0 Å². The van der Waals surface area contributed by atoms with E-state index >= 15 is 4.39 Å². The van der Waals surface area contributed by atoms with Crippen molar-refractivity contribution in [2.45, 2.75) is 109 Å². The van der Waals surface area contributed by atoms with E-state index in [2.05, 4.69) is 20.8 Å². The molecule has 11 heteroatoms. The van der Waals surface area contributed by atoms with Gasteiger partial charge in [0.1, 0.15) is 47.0 Å². The summed E-state index contributed by atoms with van der Waals surface area (Å²) in [5.41, 5.74) is 1.95. The smallest absolute Gasteiger partial charge is 0.223 e. The van der Waals surface area contributed by atoms with E-state index in [1.807, 2.05) is 72.8 Å². The van der Waals surface area contributed by atoms with Crippen molar-refractivity contribution < 1.29 is 52.1 Å². The predicted octanol–water partition coefficient (Wildman–Crippen LogP) is 9.35. The van der Waals surface area contributed by atoms with Crippen molar-refractivity contribution >= 4 is 0 Å². The fourth-order valence-corrected chi connectivity index (χ4v) is 7.32. The van der Waals surface area contributed by atoms with E-state index in [0.717, 1.165) is 66.7 Å². The number of ether oxygens (including phenoxy) is 9. The summed E-state index contributed by atoms with van der Waals surface area (Å²) >= 11 is 0. The van der Waals surface area contributed by atoms with E-state index in [9.17, 15) is 5.11 Å². The molecule has 5 rings (SSSR count). The standard InChI is InChI=1S/C49H65FO10/c1-7-10-27-57-45-46(58-28-11-8-2)48(34-55-32-37-15-22-42(53-5)23-16-37,35-56-33-38-17-24-43(54-6)25-18-38)60-49(51,47(45)59-29-12-9-3)40-19-26-44(50)39(31-40)30-36-13-20-41(52-4)21-14-36/h13-26,31,45-47,51H,7-12,27-30,32-35H2,1-6H3/t45-,46-,47?,49?/m0/s1. The molecule has 0 spiro atoms. The van der Waals surface area contributed by atoms with Crippen molar-refractivity contribution in [3.05, 3.63) is 125 Å². The summed E-state index contributed by atoms with van der Waals surface area (Å²) in [6, 6.07) is 27.4. The second-order valence-corrected chi connectivity index (χ2v) is 15.4. The largest absolute Gasteiger partial charge is 0.497 e. The van der Waals surface area contributed by atoms with Crippen LogP contribution in [-0.4, -0.2) is 83.4 Å². The Morgan fingerprint density at radius 3 is 1.50 bits per heavy atom. The molecular weight excluding hydrogens is 768 g/mol. The molecule has 0 saturated carbocycles. The fourth-order valence-electron chi connectivity index (χ4n) is 7.32. The lowest BCUT2D eigenvalue weighted by Crippen LogP contribution is -2.73. The van der Waals surface area contributed by atoms with Crippen molar-refractivity contribution in [2.24, 2.45) is 0 Å². The van der Waals surface area contributed by atoms with E-state index in [4.69, 9.17) is 42.6 Å². The van der Waals surface area contributed by atoms with Crippen molar-refractivity contribution in [1.29, 1.82) is 0 Å². The van der Waals surface area contributed by atoms with Crippen molar-refractivity contribution in [2.75, 3.05) is 54.4 Å². The molecule has 1 heterocycles. The van der Waals surface area contributed by atoms with Crippen LogP contribution in [0.5, 0.6) is 17.2 Å². The molecule has 1 aliphatic heterocycles. The average Bonchev–Trinajstić information content (AvgIpc) is 3.27. The molecule has 4 atom stereocenters. The zero-order valence-corrected chi connectivity index (χ0v) is 36.3. The molecule has 1 N–H and O–H groups in total. The highest BCUT2D eigenvalue weighted by atomic mass is 19.1. The Labute approximate surface area is 356 Å². The molecule has 60 heavy (non-hydrogen) atoms. The average molecular weight is 833 g/mol. The first kappa shape index (κ1) is 47.0. The Bertz CT molecular complexity index is 1770. The Balaban J connectivity index is 1.62. The lowest BCUT2D eigenvalue weighted by Gasteiger charge is -2.56. The quantitative estimate of drug-likeness (QED) is 0.0616. The molecule has 0 aliphatic carbocycles. The zero-order chi connectivity index (χ0) is 42.8. The number of hydrogen-bond acceptors (Lipinski definition) is 10. The summed E-state index contributed by atoms with van der Waals surface area (Å²) in [7, 11) is 4.86. The van der Waals surface area contributed by atoms with Crippen LogP contribution < -0.4 is 14.2 Å². The first-order chi connectivity index (χ1) is 29.2. The molecule has 0 aromatic heterocycles. The molecule has 1 aliphatic rings. The minimum atomic E-state index is -2.16. The maximum Gasteiger partial charge on any atom is 0.223 e. The van der Waals surface area contributed by atoms with Crippen LogP contribution >= 0.6 is 0 Å². The highest BCUT2D eigenvalue weighted by molar-refractivity contribution is 5.36. The Morgan fingerprint density at radius 2 is 1.03 bits per heavy atom. The molecule has 0 bridgehead atoms. The highest BCUT2D eigenvalue weighted by Gasteiger charge is 2.64. The van der Waals surface area contributed by atoms with Gasteiger partial charge in [-0.3, -0.25) is 0 Å². The van der Waals surface area contributed by atoms with Gasteiger partial charge in [-0.2, -0.15) is 0 Å². The number of halogens is 1. The molecule has 10 nitrogen and oxygen atoms in total. The molecule has 2 unspecified atom stereocenters. The van der Waals surface area contributed by atoms with Crippen LogP contribution in [-0.2, 0) is 53.8 Å². The van der Waals surface area contributed by atoms with Crippen LogP contribution in [0.2, 0.25) is 0 Å². The first-order valence-corrected chi connectivity index (χ1v) is 21.3. The molecule has 0 radical (unpaired) electrons. The van der Waals surface area contributed by atoms with E-state index in [0.29, 0.717) is 36.7 Å². The molecule has 4 aromatic carbocycles. The molecule has 0 amide bonds. The van der Waals surface area contributed by atoms with Crippen molar-refractivity contribution in [1.82, 2.24) is 0 Å². The number of hydrogen-bond donors (Lipinski definition) is 1.